The quantitative estimate of drug-likeness (QED) is 0.308. The summed E-state index contributed by atoms with van der Waals surface area (Å²) in [5, 5.41) is 0. The predicted molar refractivity (Wildman–Crippen MR) is 15.3 cm³/mol. The molecule has 0 saturated heterocycles. The Morgan fingerprint density at radius 3 is 1.25 bits per heavy atom. The third-order valence-electron chi connectivity index (χ3n) is 0. The summed E-state index contributed by atoms with van der Waals surface area (Å²) in [7, 11) is 0. The molecule has 0 heterocycles. The van der Waals surface area contributed by atoms with Gasteiger partial charge in [0.15, 0.2) is 0 Å². The van der Waals surface area contributed by atoms with E-state index in [-0.39, 0.29) is 46.8 Å². The molecule has 3 heteroatoms. The van der Waals surface area contributed by atoms with Crippen LogP contribution in [0.15, 0.2) is 0 Å². The van der Waals surface area contributed by atoms with E-state index >= 15 is 0 Å². The second-order valence-corrected chi connectivity index (χ2v) is 0. The van der Waals surface area contributed by atoms with Gasteiger partial charge in [-0.25, -0.2) is 0 Å². The molecule has 0 fully saturated rings. The van der Waals surface area contributed by atoms with Gasteiger partial charge in [-0.05, 0) is 0 Å². The summed E-state index contributed by atoms with van der Waals surface area (Å²) < 4.78 is 0. The van der Waals surface area contributed by atoms with Crippen molar-refractivity contribution in [3.8, 4) is 0 Å². The predicted octanol–water partition coefficient (Wildman–Crippen LogP) is -1.19. The van der Waals surface area contributed by atoms with E-state index in [4.69, 9.17) is 4.79 Å². The smallest absolute Gasteiger partial charge is 1.00 e. The third-order valence-corrected chi connectivity index (χ3v) is 0. The van der Waals surface area contributed by atoms with Crippen molar-refractivity contribution < 1.29 is 24.3 Å². The van der Waals surface area contributed by atoms with Crippen molar-refractivity contribution in [2.45, 2.75) is 0 Å². The Labute approximate surface area is 58.1 Å². The van der Waals surface area contributed by atoms with E-state index in [0.29, 0.717) is 0 Å². The topological polar surface area (TPSA) is 17.1 Å². The summed E-state index contributed by atoms with van der Waals surface area (Å²) in [6.07, 6.45) is 0. The maximum atomic E-state index is 7.75. The molecule has 0 atom stereocenters. The van der Waals surface area contributed by atoms with E-state index in [1.54, 1.807) is 0 Å². The molecule has 0 N–H and O–H groups in total. The van der Waals surface area contributed by atoms with Crippen molar-refractivity contribution in [2.24, 2.45) is 0 Å². The van der Waals surface area contributed by atoms with E-state index in [9.17, 15) is 0 Å². The van der Waals surface area contributed by atoms with E-state index < -0.39 is 0 Å². The number of hydrogen-bond donors (Lipinski definition) is 0. The Bertz CT molecular complexity index is 8.00. The number of hydrogen-bond acceptors (Lipinski definition) is 1. The van der Waals surface area contributed by atoms with Gasteiger partial charge in [0, 0.05) is 0 Å². The third kappa shape index (κ3) is 10.7. The Hall–Kier alpha value is 1.22. The van der Waals surface area contributed by atoms with Gasteiger partial charge in [-0.2, -0.15) is 0 Å². The van der Waals surface area contributed by atoms with Crippen molar-refractivity contribution in [3.63, 3.8) is 0 Å². The van der Waals surface area contributed by atoms with Gasteiger partial charge in [0.05, 0.1) is 0 Å². The van der Waals surface area contributed by atoms with Crippen LogP contribution in [0.25, 0.3) is 0 Å². The van der Waals surface area contributed by atoms with Gasteiger partial charge >= 0.3 is 46.8 Å². The van der Waals surface area contributed by atoms with E-state index in [0.717, 1.165) is 0 Å². The molecule has 4 heavy (non-hydrogen) atoms. The number of carbonyl (C=O) groups excluding carboxylic acids is 1. The first-order valence-corrected chi connectivity index (χ1v) is 0.236. The zero-order chi connectivity index (χ0) is 2.00. The summed E-state index contributed by atoms with van der Waals surface area (Å²) in [5.74, 6) is 0. The molecule has 0 aliphatic carbocycles. The minimum atomic E-state index is 0. The van der Waals surface area contributed by atoms with Crippen LogP contribution in [0, 0.1) is 0 Å². The van der Waals surface area contributed by atoms with Crippen molar-refractivity contribution in [1.82, 2.24) is 0 Å². The molecule has 1 nitrogen and oxygen atoms in total. The van der Waals surface area contributed by atoms with E-state index in [2.05, 4.69) is 6.79 Å². The zero-order valence-electron chi connectivity index (χ0n) is 2.05. The first kappa shape index (κ1) is 18.9. The van der Waals surface area contributed by atoms with E-state index in [1.807, 2.05) is 0 Å². The molecule has 0 aromatic rings. The molecule has 0 unspecified atom stereocenters. The van der Waals surface area contributed by atoms with Gasteiger partial charge < -0.3 is 4.79 Å². The van der Waals surface area contributed by atoms with Crippen LogP contribution in [0.2, 0.25) is 0 Å². The monoisotopic (exact) mass is 341 g/mol. The molecular formula is CH3OPbRu. The summed E-state index contributed by atoms with van der Waals surface area (Å²) in [5.41, 5.74) is 0. The Balaban J connectivity index is -0.00000000500. The second kappa shape index (κ2) is 29.5. The average Bonchev–Trinajstić information content (AvgIpc) is 1.00. The van der Waals surface area contributed by atoms with Crippen LogP contribution in [-0.2, 0) is 24.3 Å². The molecular weight excluding hydrogens is 336 g/mol. The standard InChI is InChI=1S/CHO.Pb.Ru.2H/c1-2;;;;/h1H;;;;/q-1;;+1;;. The van der Waals surface area contributed by atoms with Gasteiger partial charge in [-0.1, -0.05) is 0 Å². The molecule has 0 bridgehead atoms. The summed E-state index contributed by atoms with van der Waals surface area (Å²) >= 11 is 0. The van der Waals surface area contributed by atoms with Gasteiger partial charge in [-0.3, -0.25) is 6.79 Å². The summed E-state index contributed by atoms with van der Waals surface area (Å²) in [6.45, 7) is 3.25. The molecule has 0 aromatic heterocycles. The first-order valence-electron chi connectivity index (χ1n) is 0.236. The molecule has 0 aliphatic rings. The van der Waals surface area contributed by atoms with Crippen LogP contribution < -0.4 is 0 Å². The molecule has 0 spiro atoms. The van der Waals surface area contributed by atoms with Crippen LogP contribution in [0.1, 0.15) is 0 Å². The molecule has 25 valence electrons. The van der Waals surface area contributed by atoms with Crippen molar-refractivity contribution in [3.05, 3.63) is 0 Å². The van der Waals surface area contributed by atoms with Crippen LogP contribution in [-0.4, -0.2) is 34.1 Å². The van der Waals surface area contributed by atoms with Gasteiger partial charge in [-0.15, -0.1) is 0 Å². The first-order chi connectivity index (χ1) is 1.00. The van der Waals surface area contributed by atoms with Crippen molar-refractivity contribution in [1.29, 1.82) is 0 Å². The Kier molecular flexibility index (Phi) is 139. The number of rotatable bonds is 0. The summed E-state index contributed by atoms with van der Waals surface area (Å²) in [6, 6.07) is 0. The van der Waals surface area contributed by atoms with Gasteiger partial charge in [0.25, 0.3) is 0 Å². The fourth-order valence-corrected chi connectivity index (χ4v) is 0. The molecule has 0 aliphatic heterocycles. The van der Waals surface area contributed by atoms with Crippen LogP contribution in [0.4, 0.5) is 0 Å². The van der Waals surface area contributed by atoms with E-state index in [1.165, 1.54) is 0 Å². The van der Waals surface area contributed by atoms with Crippen LogP contribution in [0.5, 0.6) is 0 Å². The second-order valence-electron chi connectivity index (χ2n) is 0. The maximum absolute atomic E-state index is 7.75. The molecule has 0 saturated carbocycles. The summed E-state index contributed by atoms with van der Waals surface area (Å²) in [4.78, 5) is 7.75. The molecule has 0 rings (SSSR count). The Morgan fingerprint density at radius 1 is 1.25 bits per heavy atom. The van der Waals surface area contributed by atoms with Crippen molar-refractivity contribution >= 4 is 34.1 Å². The minimum Gasteiger partial charge on any atom is 1.00 e. The fraction of sp³-hybridized carbons (Fsp3) is 0. The fourth-order valence-electron chi connectivity index (χ4n) is 0. The minimum absolute atomic E-state index is 0. The Morgan fingerprint density at radius 2 is 1.25 bits per heavy atom. The van der Waals surface area contributed by atoms with Crippen LogP contribution in [0.3, 0.4) is 0 Å². The largest absolute Gasteiger partial charge is 1.00 e. The molecule has 3 radical (unpaired) electrons. The normalized spacial score (nSPS) is 1.00. The average molecular weight is 339 g/mol. The molecule has 0 aromatic carbocycles. The molecule has 0 amide bonds. The maximum Gasteiger partial charge on any atom is 1.00 e. The van der Waals surface area contributed by atoms with Gasteiger partial charge in [0.1, 0.15) is 0 Å². The SMILES string of the molecule is [CH-]=O.[PbH2].[Ru+]. The van der Waals surface area contributed by atoms with Gasteiger partial charge in [0.2, 0.25) is 0 Å². The van der Waals surface area contributed by atoms with Crippen LogP contribution >= 0.6 is 0 Å². The zero-order valence-corrected chi connectivity index (χ0v) is 9.28. The van der Waals surface area contributed by atoms with Crippen molar-refractivity contribution in [2.75, 3.05) is 0 Å².